The van der Waals surface area contributed by atoms with Gasteiger partial charge in [0.05, 0.1) is 0 Å². The van der Waals surface area contributed by atoms with Crippen molar-refractivity contribution in [2.24, 2.45) is 5.73 Å². The highest BCUT2D eigenvalue weighted by atomic mass is 14.6. The first-order valence-electron chi connectivity index (χ1n) is 2.46. The van der Waals surface area contributed by atoms with Gasteiger partial charge in [0.25, 0.3) is 0 Å². The van der Waals surface area contributed by atoms with Gasteiger partial charge in [0.1, 0.15) is 0 Å². The van der Waals surface area contributed by atoms with Gasteiger partial charge in [-0.1, -0.05) is 0 Å². The van der Waals surface area contributed by atoms with Crippen LogP contribution in [0.15, 0.2) is 0 Å². The zero-order chi connectivity index (χ0) is 5.70. The predicted molar refractivity (Wildman–Crippen MR) is 31.7 cm³/mol. The Hall–Kier alpha value is -0.480. The highest BCUT2D eigenvalue weighted by Gasteiger charge is 1.87. The van der Waals surface area contributed by atoms with Crippen molar-refractivity contribution >= 4 is 0 Å². The van der Waals surface area contributed by atoms with E-state index in [0.29, 0.717) is 0 Å². The molecular weight excluding hydrogens is 86.1 g/mol. The van der Waals surface area contributed by atoms with Crippen LogP contribution in [0, 0.1) is 12.3 Å². The summed E-state index contributed by atoms with van der Waals surface area (Å²) < 4.78 is 0. The van der Waals surface area contributed by atoms with Gasteiger partial charge < -0.3 is 5.73 Å². The Balaban J connectivity index is 2.86. The Morgan fingerprint density at radius 2 is 2.43 bits per heavy atom. The zero-order valence-corrected chi connectivity index (χ0v) is 4.65. The van der Waals surface area contributed by atoms with Crippen molar-refractivity contribution in [3.05, 3.63) is 0 Å². The minimum Gasteiger partial charge on any atom is -0.328 e. The minimum absolute atomic E-state index is 0.260. The molecule has 0 aliphatic heterocycles. The summed E-state index contributed by atoms with van der Waals surface area (Å²) in [6.45, 7) is 1.96. The Labute approximate surface area is 44.9 Å². The van der Waals surface area contributed by atoms with E-state index in [1.54, 1.807) is 0 Å². The van der Waals surface area contributed by atoms with Crippen LogP contribution >= 0.6 is 0 Å². The number of rotatable bonds is 2. The van der Waals surface area contributed by atoms with Crippen molar-refractivity contribution in [1.82, 2.24) is 0 Å². The topological polar surface area (TPSA) is 26.0 Å². The molecule has 0 aliphatic carbocycles. The molecule has 1 atom stereocenters. The van der Waals surface area contributed by atoms with Crippen molar-refractivity contribution < 1.29 is 0 Å². The molecule has 0 aromatic heterocycles. The number of nitrogens with two attached hydrogens (primary N) is 1. The monoisotopic (exact) mass is 97.1 g/mol. The third-order valence-electron chi connectivity index (χ3n) is 0.744. The molecule has 0 aromatic rings. The Bertz CT molecular complexity index is 68.7. The van der Waals surface area contributed by atoms with Gasteiger partial charge in [0.15, 0.2) is 0 Å². The first-order chi connectivity index (χ1) is 3.27. The van der Waals surface area contributed by atoms with E-state index >= 15 is 0 Å². The highest BCUT2D eigenvalue weighted by Crippen LogP contribution is 1.88. The molecule has 0 rings (SSSR count). The van der Waals surface area contributed by atoms with E-state index in [0.717, 1.165) is 12.8 Å². The molecule has 0 saturated heterocycles. The van der Waals surface area contributed by atoms with E-state index in [9.17, 15) is 0 Å². The average molecular weight is 97.2 g/mol. The fourth-order valence-corrected chi connectivity index (χ4v) is 0.311. The summed E-state index contributed by atoms with van der Waals surface area (Å²) in [6.07, 6.45) is 6.72. The minimum atomic E-state index is 0.260. The standard InChI is InChI=1S/C6H11N/c1-3-4-5-6(2)7/h1,6H,4-5,7H2,2H3/t6-/m1/s1. The molecule has 0 amide bonds. The lowest BCUT2D eigenvalue weighted by molar-refractivity contribution is 0.683. The normalized spacial score (nSPS) is 12.7. The van der Waals surface area contributed by atoms with Crippen LogP contribution in [0.25, 0.3) is 0 Å². The fraction of sp³-hybridized carbons (Fsp3) is 0.667. The molecule has 0 fully saturated rings. The van der Waals surface area contributed by atoms with Crippen molar-refractivity contribution in [1.29, 1.82) is 0 Å². The van der Waals surface area contributed by atoms with Crippen LogP contribution < -0.4 is 5.73 Å². The van der Waals surface area contributed by atoms with Gasteiger partial charge in [-0.05, 0) is 13.3 Å². The van der Waals surface area contributed by atoms with Crippen molar-refractivity contribution in [3.63, 3.8) is 0 Å². The maximum absolute atomic E-state index is 5.38. The first-order valence-corrected chi connectivity index (χ1v) is 2.46. The van der Waals surface area contributed by atoms with Crippen LogP contribution in [0.3, 0.4) is 0 Å². The molecule has 0 saturated carbocycles. The molecule has 0 unspecified atom stereocenters. The fourth-order valence-electron chi connectivity index (χ4n) is 0.311. The van der Waals surface area contributed by atoms with E-state index in [-0.39, 0.29) is 6.04 Å². The quantitative estimate of drug-likeness (QED) is 0.505. The number of hydrogen-bond acceptors (Lipinski definition) is 1. The van der Waals surface area contributed by atoms with Crippen LogP contribution in [-0.2, 0) is 0 Å². The molecule has 1 nitrogen and oxygen atoms in total. The zero-order valence-electron chi connectivity index (χ0n) is 4.65. The Morgan fingerprint density at radius 1 is 1.86 bits per heavy atom. The van der Waals surface area contributed by atoms with Gasteiger partial charge >= 0.3 is 0 Å². The third kappa shape index (κ3) is 5.52. The smallest absolute Gasteiger partial charge is 0.0101 e. The molecule has 0 bridgehead atoms. The predicted octanol–water partition coefficient (Wildman–Crippen LogP) is 0.747. The summed E-state index contributed by atoms with van der Waals surface area (Å²) >= 11 is 0. The van der Waals surface area contributed by atoms with Gasteiger partial charge in [-0.25, -0.2) is 0 Å². The van der Waals surface area contributed by atoms with Crippen LogP contribution in [-0.4, -0.2) is 6.04 Å². The maximum Gasteiger partial charge on any atom is 0.0101 e. The van der Waals surface area contributed by atoms with Crippen molar-refractivity contribution in [3.8, 4) is 12.3 Å². The molecular formula is C6H11N. The summed E-state index contributed by atoms with van der Waals surface area (Å²) in [4.78, 5) is 0. The van der Waals surface area contributed by atoms with Gasteiger partial charge in [-0.3, -0.25) is 0 Å². The molecule has 1 heteroatoms. The Morgan fingerprint density at radius 3 is 2.57 bits per heavy atom. The van der Waals surface area contributed by atoms with Gasteiger partial charge in [0.2, 0.25) is 0 Å². The summed E-state index contributed by atoms with van der Waals surface area (Å²) in [5.41, 5.74) is 5.38. The summed E-state index contributed by atoms with van der Waals surface area (Å²) in [6, 6.07) is 0.260. The second kappa shape index (κ2) is 3.70. The van der Waals surface area contributed by atoms with Crippen molar-refractivity contribution in [2.75, 3.05) is 0 Å². The van der Waals surface area contributed by atoms with Crippen LogP contribution in [0.5, 0.6) is 0 Å². The molecule has 0 aromatic carbocycles. The molecule has 2 N–H and O–H groups in total. The highest BCUT2D eigenvalue weighted by molar-refractivity contribution is 4.84. The van der Waals surface area contributed by atoms with Crippen LogP contribution in [0.4, 0.5) is 0 Å². The van der Waals surface area contributed by atoms with E-state index in [1.807, 2.05) is 6.92 Å². The lowest BCUT2D eigenvalue weighted by atomic mass is 10.2. The van der Waals surface area contributed by atoms with Gasteiger partial charge in [0, 0.05) is 12.5 Å². The van der Waals surface area contributed by atoms with E-state index in [2.05, 4.69) is 5.92 Å². The maximum atomic E-state index is 5.38. The molecule has 40 valence electrons. The second-order valence-corrected chi connectivity index (χ2v) is 1.72. The molecule has 0 heterocycles. The molecule has 7 heavy (non-hydrogen) atoms. The molecule has 0 radical (unpaired) electrons. The van der Waals surface area contributed by atoms with Crippen LogP contribution in [0.2, 0.25) is 0 Å². The van der Waals surface area contributed by atoms with E-state index < -0.39 is 0 Å². The second-order valence-electron chi connectivity index (χ2n) is 1.72. The number of terminal acetylenes is 1. The Kier molecular flexibility index (Phi) is 3.45. The summed E-state index contributed by atoms with van der Waals surface area (Å²) in [7, 11) is 0. The summed E-state index contributed by atoms with van der Waals surface area (Å²) in [5, 5.41) is 0. The van der Waals surface area contributed by atoms with Gasteiger partial charge in [-0.15, -0.1) is 12.3 Å². The molecule has 0 aliphatic rings. The van der Waals surface area contributed by atoms with Gasteiger partial charge in [-0.2, -0.15) is 0 Å². The molecule has 0 spiro atoms. The first kappa shape index (κ1) is 6.52. The lowest BCUT2D eigenvalue weighted by Gasteiger charge is -1.96. The largest absolute Gasteiger partial charge is 0.328 e. The lowest BCUT2D eigenvalue weighted by Crippen LogP contribution is -2.13. The van der Waals surface area contributed by atoms with E-state index in [1.165, 1.54) is 0 Å². The van der Waals surface area contributed by atoms with E-state index in [4.69, 9.17) is 12.2 Å². The van der Waals surface area contributed by atoms with Crippen molar-refractivity contribution in [2.45, 2.75) is 25.8 Å². The van der Waals surface area contributed by atoms with Crippen LogP contribution in [0.1, 0.15) is 19.8 Å². The average Bonchev–Trinajstić information content (AvgIpc) is 1.61. The summed E-state index contributed by atoms with van der Waals surface area (Å²) in [5.74, 6) is 2.52. The third-order valence-corrected chi connectivity index (χ3v) is 0.744. The SMILES string of the molecule is C#CCC[C@@H](C)N. The number of hydrogen-bond donors (Lipinski definition) is 1.